The van der Waals surface area contributed by atoms with E-state index in [0.717, 1.165) is 0 Å². The summed E-state index contributed by atoms with van der Waals surface area (Å²) in [5.41, 5.74) is 5.24. The van der Waals surface area contributed by atoms with Gasteiger partial charge in [0, 0.05) is 26.2 Å². The number of piperazine rings is 1. The number of nitrogens with one attached hydrogen (secondary N) is 2. The topological polar surface area (TPSA) is 85.5 Å². The average Bonchev–Trinajstić information content (AvgIpc) is 2.25. The minimum atomic E-state index is -4.40. The number of halogens is 3. The number of carbonyl (C=O) groups is 1. The first kappa shape index (κ1) is 14.6. The van der Waals surface area contributed by atoms with Crippen LogP contribution < -0.4 is 11.1 Å². The van der Waals surface area contributed by atoms with E-state index >= 15 is 0 Å². The highest BCUT2D eigenvalue weighted by Crippen LogP contribution is 2.12. The van der Waals surface area contributed by atoms with E-state index in [4.69, 9.17) is 11.1 Å². The number of amidine groups is 1. The second-order valence-electron chi connectivity index (χ2n) is 4.06. The van der Waals surface area contributed by atoms with Crippen LogP contribution in [0.1, 0.15) is 0 Å². The molecule has 104 valence electrons. The van der Waals surface area contributed by atoms with E-state index in [1.807, 2.05) is 10.2 Å². The van der Waals surface area contributed by atoms with Gasteiger partial charge >= 0.3 is 12.2 Å². The van der Waals surface area contributed by atoms with Crippen LogP contribution in [0.5, 0.6) is 0 Å². The number of rotatable bonds is 3. The number of alkyl halides is 3. The maximum Gasteiger partial charge on any atom is 0.405 e. The Hall–Kier alpha value is -1.51. The Bertz CT molecular complexity index is 312. The molecule has 6 nitrogen and oxygen atoms in total. The molecule has 1 saturated heterocycles. The van der Waals surface area contributed by atoms with Crippen molar-refractivity contribution in [3.05, 3.63) is 0 Å². The summed E-state index contributed by atoms with van der Waals surface area (Å²) >= 11 is 0. The summed E-state index contributed by atoms with van der Waals surface area (Å²) in [4.78, 5) is 14.6. The van der Waals surface area contributed by atoms with Gasteiger partial charge in [-0.15, -0.1) is 0 Å². The van der Waals surface area contributed by atoms with E-state index in [1.54, 1.807) is 0 Å². The summed E-state index contributed by atoms with van der Waals surface area (Å²) < 4.78 is 35.7. The highest BCUT2D eigenvalue weighted by molar-refractivity contribution is 5.79. The lowest BCUT2D eigenvalue weighted by Crippen LogP contribution is -2.53. The fraction of sp³-hybridized carbons (Fsp3) is 0.778. The summed E-state index contributed by atoms with van der Waals surface area (Å²) in [7, 11) is 0. The molecule has 0 saturated carbocycles. The Labute approximate surface area is 102 Å². The second-order valence-corrected chi connectivity index (χ2v) is 4.06. The Morgan fingerprint density at radius 2 is 1.83 bits per heavy atom. The van der Waals surface area contributed by atoms with Crippen molar-refractivity contribution in [3.8, 4) is 0 Å². The summed E-state index contributed by atoms with van der Waals surface area (Å²) in [5, 5.41) is 8.94. The smallest absolute Gasteiger partial charge is 0.387 e. The molecule has 0 aromatic rings. The third kappa shape index (κ3) is 5.21. The Morgan fingerprint density at radius 3 is 2.28 bits per heavy atom. The van der Waals surface area contributed by atoms with Crippen LogP contribution in [0.3, 0.4) is 0 Å². The average molecular weight is 267 g/mol. The Kier molecular flexibility index (Phi) is 4.76. The molecule has 0 aliphatic carbocycles. The van der Waals surface area contributed by atoms with Gasteiger partial charge in [-0.25, -0.2) is 4.79 Å². The van der Waals surface area contributed by atoms with Gasteiger partial charge in [0.05, 0.1) is 6.54 Å². The van der Waals surface area contributed by atoms with Crippen molar-refractivity contribution < 1.29 is 18.0 Å². The summed E-state index contributed by atoms with van der Waals surface area (Å²) in [6.07, 6.45) is -4.40. The molecule has 1 rings (SSSR count). The molecule has 0 bridgehead atoms. The van der Waals surface area contributed by atoms with Crippen LogP contribution in [0, 0.1) is 5.41 Å². The first-order valence-corrected chi connectivity index (χ1v) is 5.43. The molecule has 0 radical (unpaired) electrons. The lowest BCUT2D eigenvalue weighted by Gasteiger charge is -2.34. The van der Waals surface area contributed by atoms with E-state index < -0.39 is 18.8 Å². The van der Waals surface area contributed by atoms with E-state index in [9.17, 15) is 18.0 Å². The molecule has 2 amide bonds. The van der Waals surface area contributed by atoms with Gasteiger partial charge < -0.3 is 16.0 Å². The van der Waals surface area contributed by atoms with Crippen LogP contribution >= 0.6 is 0 Å². The molecule has 0 spiro atoms. The number of amides is 2. The largest absolute Gasteiger partial charge is 0.405 e. The van der Waals surface area contributed by atoms with Gasteiger partial charge in [0.1, 0.15) is 12.4 Å². The first-order valence-electron chi connectivity index (χ1n) is 5.43. The molecule has 1 fully saturated rings. The van der Waals surface area contributed by atoms with Gasteiger partial charge in [0.2, 0.25) is 0 Å². The van der Waals surface area contributed by atoms with E-state index in [0.29, 0.717) is 32.7 Å². The van der Waals surface area contributed by atoms with Crippen LogP contribution in [-0.4, -0.2) is 67.1 Å². The van der Waals surface area contributed by atoms with Crippen molar-refractivity contribution in [3.63, 3.8) is 0 Å². The van der Waals surface area contributed by atoms with Crippen molar-refractivity contribution in [1.82, 2.24) is 15.1 Å². The quantitative estimate of drug-likeness (QED) is 0.489. The van der Waals surface area contributed by atoms with Gasteiger partial charge in [0.15, 0.2) is 0 Å². The van der Waals surface area contributed by atoms with Crippen LogP contribution in [0.4, 0.5) is 18.0 Å². The molecule has 0 aromatic heterocycles. The molecule has 0 atom stereocenters. The molecule has 4 N–H and O–H groups in total. The minimum absolute atomic E-state index is 0.0324. The highest BCUT2D eigenvalue weighted by Gasteiger charge is 2.29. The van der Waals surface area contributed by atoms with Crippen molar-refractivity contribution in [2.75, 3.05) is 39.3 Å². The summed E-state index contributed by atoms with van der Waals surface area (Å²) in [6.45, 7) is 0.656. The summed E-state index contributed by atoms with van der Waals surface area (Å²) in [6, 6.07) is -0.713. The molecule has 1 aliphatic rings. The minimum Gasteiger partial charge on any atom is -0.387 e. The third-order valence-electron chi connectivity index (χ3n) is 2.49. The molecule has 1 aliphatic heterocycles. The third-order valence-corrected chi connectivity index (χ3v) is 2.49. The van der Waals surface area contributed by atoms with Crippen molar-refractivity contribution in [1.29, 1.82) is 5.41 Å². The number of carbonyl (C=O) groups excluding carboxylic acids is 1. The van der Waals surface area contributed by atoms with Gasteiger partial charge in [0.25, 0.3) is 0 Å². The fourth-order valence-electron chi connectivity index (χ4n) is 1.64. The number of nitrogens with two attached hydrogens (primary N) is 1. The molecular weight excluding hydrogens is 251 g/mol. The van der Waals surface area contributed by atoms with Gasteiger partial charge in [-0.2, -0.15) is 13.2 Å². The zero-order valence-corrected chi connectivity index (χ0v) is 9.76. The van der Waals surface area contributed by atoms with Crippen molar-refractivity contribution in [2.24, 2.45) is 5.73 Å². The fourth-order valence-corrected chi connectivity index (χ4v) is 1.64. The van der Waals surface area contributed by atoms with Gasteiger partial charge in [-0.05, 0) is 0 Å². The molecule has 18 heavy (non-hydrogen) atoms. The number of nitrogens with zero attached hydrogens (tertiary/aromatic N) is 2. The maximum absolute atomic E-state index is 11.9. The van der Waals surface area contributed by atoms with Gasteiger partial charge in [-0.1, -0.05) is 0 Å². The maximum atomic E-state index is 11.9. The van der Waals surface area contributed by atoms with E-state index in [-0.39, 0.29) is 5.84 Å². The number of hydrogen-bond donors (Lipinski definition) is 3. The zero-order valence-electron chi connectivity index (χ0n) is 9.76. The molecule has 9 heteroatoms. The Balaban J connectivity index is 2.29. The predicted molar refractivity (Wildman–Crippen MR) is 59.4 cm³/mol. The number of urea groups is 1. The van der Waals surface area contributed by atoms with Crippen LogP contribution in [-0.2, 0) is 0 Å². The molecular formula is C9H16F3N5O. The number of hydrogen-bond acceptors (Lipinski definition) is 3. The first-order chi connectivity index (χ1) is 8.28. The lowest BCUT2D eigenvalue weighted by atomic mass is 10.3. The van der Waals surface area contributed by atoms with E-state index in [1.165, 1.54) is 4.90 Å². The predicted octanol–water partition coefficient (Wildman–Crippen LogP) is -0.188. The standard InChI is InChI=1S/C9H16F3N5O/c10-9(11,12)6-15-8(18)17-3-1-16(2-4-17)5-7(13)14/h1-6H2,(H3,13,14)(H,15,18). The molecule has 0 unspecified atom stereocenters. The normalized spacial score (nSPS) is 17.6. The molecule has 1 heterocycles. The van der Waals surface area contributed by atoms with Crippen LogP contribution in [0.15, 0.2) is 0 Å². The highest BCUT2D eigenvalue weighted by atomic mass is 19.4. The second kappa shape index (κ2) is 5.89. The van der Waals surface area contributed by atoms with Crippen molar-refractivity contribution >= 4 is 11.9 Å². The van der Waals surface area contributed by atoms with Gasteiger partial charge in [-0.3, -0.25) is 10.3 Å². The van der Waals surface area contributed by atoms with E-state index in [2.05, 4.69) is 0 Å². The summed E-state index contributed by atoms with van der Waals surface area (Å²) in [5.74, 6) is 0.0324. The van der Waals surface area contributed by atoms with Crippen LogP contribution in [0.2, 0.25) is 0 Å². The lowest BCUT2D eigenvalue weighted by molar-refractivity contribution is -0.123. The van der Waals surface area contributed by atoms with Crippen molar-refractivity contribution in [2.45, 2.75) is 6.18 Å². The van der Waals surface area contributed by atoms with Crippen LogP contribution in [0.25, 0.3) is 0 Å². The Morgan fingerprint density at radius 1 is 1.28 bits per heavy atom. The molecule has 0 aromatic carbocycles. The monoisotopic (exact) mass is 267 g/mol. The zero-order chi connectivity index (χ0) is 13.8. The SMILES string of the molecule is N=C(N)CN1CCN(C(=O)NCC(F)(F)F)CC1.